The number of anilines is 2. The van der Waals surface area contributed by atoms with Crippen LogP contribution in [0.1, 0.15) is 25.3 Å². The lowest BCUT2D eigenvalue weighted by atomic mass is 10.2. The first-order valence-electron chi connectivity index (χ1n) is 9.20. The number of ether oxygens (including phenoxy) is 2. The van der Waals surface area contributed by atoms with Crippen LogP contribution >= 0.6 is 0 Å². The quantitative estimate of drug-likeness (QED) is 0.643. The van der Waals surface area contributed by atoms with Gasteiger partial charge in [-0.05, 0) is 24.6 Å². The monoisotopic (exact) mass is 396 g/mol. The zero-order chi connectivity index (χ0) is 20.2. The topological polar surface area (TPSA) is 116 Å². The lowest BCUT2D eigenvalue weighted by Gasteiger charge is -2.15. The molecule has 1 unspecified atom stereocenters. The number of para-hydroxylation sites is 1. The molecule has 1 aliphatic rings. The highest BCUT2D eigenvalue weighted by molar-refractivity contribution is 5.88. The van der Waals surface area contributed by atoms with Gasteiger partial charge in [0.15, 0.2) is 0 Å². The first-order chi connectivity index (χ1) is 14.2. The molecule has 3 aromatic rings. The summed E-state index contributed by atoms with van der Waals surface area (Å²) in [5.74, 6) is 2.33. The van der Waals surface area contributed by atoms with Crippen LogP contribution in [0.15, 0.2) is 41.1 Å². The summed E-state index contributed by atoms with van der Waals surface area (Å²) < 4.78 is 15.8. The van der Waals surface area contributed by atoms with E-state index in [-0.39, 0.29) is 6.04 Å². The molecular formula is C19H20N6O4. The molecule has 0 radical (unpaired) electrons. The maximum Gasteiger partial charge on any atom is 0.415 e. The number of hydrogen-bond acceptors (Lipinski definition) is 9. The lowest BCUT2D eigenvalue weighted by molar-refractivity contribution is 0.181. The van der Waals surface area contributed by atoms with Gasteiger partial charge in [0, 0.05) is 6.20 Å². The van der Waals surface area contributed by atoms with Gasteiger partial charge in [0.25, 0.3) is 0 Å². The Hall–Kier alpha value is -3.69. The highest BCUT2D eigenvalue weighted by atomic mass is 16.6. The van der Waals surface area contributed by atoms with Crippen molar-refractivity contribution >= 4 is 17.9 Å². The summed E-state index contributed by atoms with van der Waals surface area (Å²) in [6.45, 7) is 2.78. The van der Waals surface area contributed by atoms with Crippen molar-refractivity contribution in [2.24, 2.45) is 0 Å². The smallest absolute Gasteiger partial charge is 0.415 e. The summed E-state index contributed by atoms with van der Waals surface area (Å²) in [7, 11) is 1.59. The highest BCUT2D eigenvalue weighted by Crippen LogP contribution is 2.29. The maximum absolute atomic E-state index is 11.8. The van der Waals surface area contributed by atoms with E-state index in [9.17, 15) is 4.79 Å². The molecule has 1 amide bonds. The summed E-state index contributed by atoms with van der Waals surface area (Å²) in [5.41, 5.74) is 0.741. The molecule has 4 rings (SSSR count). The molecule has 0 saturated carbocycles. The van der Waals surface area contributed by atoms with E-state index in [2.05, 4.69) is 25.4 Å². The molecule has 1 saturated heterocycles. The molecule has 1 atom stereocenters. The van der Waals surface area contributed by atoms with Crippen molar-refractivity contribution in [2.45, 2.75) is 19.4 Å². The summed E-state index contributed by atoms with van der Waals surface area (Å²) in [5, 5.41) is 7.27. The Morgan fingerprint density at radius 1 is 1.28 bits per heavy atom. The average molecular weight is 396 g/mol. The number of carbonyl (C=O) groups excluding carboxylic acids is 1. The first-order valence-corrected chi connectivity index (χ1v) is 9.20. The number of nitrogens with zero attached hydrogens (tertiary/aromatic N) is 5. The van der Waals surface area contributed by atoms with Crippen LogP contribution in [0.4, 0.5) is 16.6 Å². The molecule has 1 aromatic carbocycles. The third-order valence-electron chi connectivity index (χ3n) is 4.48. The Morgan fingerprint density at radius 3 is 2.90 bits per heavy atom. The van der Waals surface area contributed by atoms with Gasteiger partial charge in [-0.15, -0.1) is 0 Å². The van der Waals surface area contributed by atoms with Gasteiger partial charge in [-0.3, -0.25) is 4.90 Å². The molecule has 2 aromatic heterocycles. The van der Waals surface area contributed by atoms with E-state index in [1.165, 1.54) is 4.90 Å². The standard InChI is InChI=1S/C19H20N6O4/c1-3-13(17-23-16(24-29-17)12-6-4-5-7-14(12)27-2)21-18-20-9-8-15(22-18)25-10-11-28-19(25)26/h4-9,13H,3,10-11H2,1-2H3,(H,20,21,22). The van der Waals surface area contributed by atoms with Crippen LogP contribution < -0.4 is 15.0 Å². The van der Waals surface area contributed by atoms with Gasteiger partial charge < -0.3 is 19.3 Å². The van der Waals surface area contributed by atoms with Crippen LogP contribution in [0.2, 0.25) is 0 Å². The van der Waals surface area contributed by atoms with Crippen LogP contribution in [0.3, 0.4) is 0 Å². The number of amides is 1. The third kappa shape index (κ3) is 3.82. The largest absolute Gasteiger partial charge is 0.496 e. The molecule has 150 valence electrons. The third-order valence-corrected chi connectivity index (χ3v) is 4.48. The molecule has 10 nitrogen and oxygen atoms in total. The SMILES string of the molecule is CCC(Nc1nccc(N2CCOC2=O)n1)c1nc(-c2ccccc2OC)no1. The number of rotatable bonds is 7. The Kier molecular flexibility index (Phi) is 5.23. The molecule has 3 heterocycles. The van der Waals surface area contributed by atoms with Crippen LogP contribution in [0, 0.1) is 0 Å². The van der Waals surface area contributed by atoms with E-state index in [4.69, 9.17) is 14.0 Å². The predicted octanol–water partition coefficient (Wildman–Crippen LogP) is 3.06. The Labute approximate surface area is 166 Å². The second-order valence-electron chi connectivity index (χ2n) is 6.27. The van der Waals surface area contributed by atoms with Crippen molar-refractivity contribution in [1.82, 2.24) is 20.1 Å². The summed E-state index contributed by atoms with van der Waals surface area (Å²) in [6.07, 6.45) is 1.82. The molecule has 0 aliphatic carbocycles. The van der Waals surface area contributed by atoms with E-state index >= 15 is 0 Å². The van der Waals surface area contributed by atoms with E-state index in [1.54, 1.807) is 19.4 Å². The van der Waals surface area contributed by atoms with Crippen LogP contribution in [-0.4, -0.2) is 46.5 Å². The summed E-state index contributed by atoms with van der Waals surface area (Å²) in [6, 6.07) is 8.82. The van der Waals surface area contributed by atoms with E-state index < -0.39 is 6.09 Å². The zero-order valence-electron chi connectivity index (χ0n) is 16.0. The molecule has 29 heavy (non-hydrogen) atoms. The molecule has 1 aliphatic heterocycles. The van der Waals surface area contributed by atoms with Crippen molar-refractivity contribution in [2.75, 3.05) is 30.5 Å². The molecule has 0 bridgehead atoms. The van der Waals surface area contributed by atoms with E-state index in [0.29, 0.717) is 48.8 Å². The second kappa shape index (κ2) is 8.13. The Morgan fingerprint density at radius 2 is 2.14 bits per heavy atom. The van der Waals surface area contributed by atoms with Gasteiger partial charge >= 0.3 is 6.09 Å². The Balaban J connectivity index is 1.55. The zero-order valence-corrected chi connectivity index (χ0v) is 16.0. The van der Waals surface area contributed by atoms with Gasteiger partial charge in [0.05, 0.1) is 19.2 Å². The number of methoxy groups -OCH3 is 1. The number of aromatic nitrogens is 4. The molecular weight excluding hydrogens is 376 g/mol. The number of benzene rings is 1. The van der Waals surface area contributed by atoms with Crippen molar-refractivity contribution in [1.29, 1.82) is 0 Å². The van der Waals surface area contributed by atoms with Gasteiger partial charge in [0.2, 0.25) is 17.7 Å². The Bertz CT molecular complexity index is 1010. The van der Waals surface area contributed by atoms with Crippen LogP contribution in [0.5, 0.6) is 5.75 Å². The molecule has 1 N–H and O–H groups in total. The van der Waals surface area contributed by atoms with Gasteiger partial charge in [-0.2, -0.15) is 9.97 Å². The van der Waals surface area contributed by atoms with Crippen molar-refractivity contribution in [3.8, 4) is 17.1 Å². The van der Waals surface area contributed by atoms with E-state index in [0.717, 1.165) is 5.56 Å². The minimum atomic E-state index is -0.417. The highest BCUT2D eigenvalue weighted by Gasteiger charge is 2.26. The average Bonchev–Trinajstić information content (AvgIpc) is 3.41. The summed E-state index contributed by atoms with van der Waals surface area (Å²) >= 11 is 0. The fraction of sp³-hybridized carbons (Fsp3) is 0.316. The lowest BCUT2D eigenvalue weighted by Crippen LogP contribution is -2.25. The normalized spacial score (nSPS) is 14.6. The number of nitrogens with one attached hydrogen (secondary N) is 1. The molecule has 10 heteroatoms. The van der Waals surface area contributed by atoms with E-state index in [1.807, 2.05) is 31.2 Å². The van der Waals surface area contributed by atoms with Gasteiger partial charge in [0.1, 0.15) is 24.2 Å². The maximum atomic E-state index is 11.8. The van der Waals surface area contributed by atoms with Crippen LogP contribution in [0.25, 0.3) is 11.4 Å². The predicted molar refractivity (Wildman–Crippen MR) is 104 cm³/mol. The molecule has 0 spiro atoms. The van der Waals surface area contributed by atoms with Gasteiger partial charge in [-0.1, -0.05) is 24.2 Å². The van der Waals surface area contributed by atoms with Crippen molar-refractivity contribution < 1.29 is 18.8 Å². The minimum Gasteiger partial charge on any atom is -0.496 e. The van der Waals surface area contributed by atoms with Crippen molar-refractivity contribution in [3.05, 3.63) is 42.4 Å². The molecule has 1 fully saturated rings. The summed E-state index contributed by atoms with van der Waals surface area (Å²) in [4.78, 5) is 26.4. The van der Waals surface area contributed by atoms with Crippen LogP contribution in [-0.2, 0) is 4.74 Å². The minimum absolute atomic E-state index is 0.299. The number of carbonyl (C=O) groups is 1. The first kappa shape index (κ1) is 18.7. The number of cyclic esters (lactones) is 1. The fourth-order valence-electron chi connectivity index (χ4n) is 2.98. The van der Waals surface area contributed by atoms with Crippen molar-refractivity contribution in [3.63, 3.8) is 0 Å². The fourth-order valence-corrected chi connectivity index (χ4v) is 2.98. The second-order valence-corrected chi connectivity index (χ2v) is 6.27. The van der Waals surface area contributed by atoms with Gasteiger partial charge in [-0.25, -0.2) is 9.78 Å². The number of hydrogen-bond donors (Lipinski definition) is 1.